The molecule has 0 bridgehead atoms. The zero-order valence-corrected chi connectivity index (χ0v) is 14.1. The Hall–Kier alpha value is -4.27. The Morgan fingerprint density at radius 3 is 2.61 bits per heavy atom. The van der Waals surface area contributed by atoms with Crippen LogP contribution in [0.5, 0.6) is 5.75 Å². The molecule has 138 valence electrons. The Kier molecular flexibility index (Phi) is 3.78. The van der Waals surface area contributed by atoms with E-state index in [-0.39, 0.29) is 44.7 Å². The number of hydrogen-bond acceptors (Lipinski definition) is 7. The summed E-state index contributed by atoms with van der Waals surface area (Å²) in [7, 11) is 0. The van der Waals surface area contributed by atoms with Gasteiger partial charge in [0.25, 0.3) is 5.69 Å². The van der Waals surface area contributed by atoms with E-state index in [9.17, 15) is 24.8 Å². The summed E-state index contributed by atoms with van der Waals surface area (Å²) in [6.07, 6.45) is 0. The van der Waals surface area contributed by atoms with Crippen molar-refractivity contribution < 1.29 is 19.2 Å². The molecular weight excluding hydrogens is 366 g/mol. The predicted molar refractivity (Wildman–Crippen MR) is 100 cm³/mol. The lowest BCUT2D eigenvalue weighted by Gasteiger charge is -2.09. The van der Waals surface area contributed by atoms with Crippen LogP contribution >= 0.6 is 0 Å². The summed E-state index contributed by atoms with van der Waals surface area (Å²) in [6, 6.07) is 11.3. The standard InChI is InChI=1S/C19H11N3O6/c20-18(24)12-8-14(21-13-6-5-9(22(26)27)7-11(12)13)16-17(23)10-3-1-2-4-15(10)28-19(16)25/h1-8,23H,(H2,20,24). The number of aromatic nitrogens is 1. The summed E-state index contributed by atoms with van der Waals surface area (Å²) < 4.78 is 5.23. The lowest BCUT2D eigenvalue weighted by molar-refractivity contribution is -0.384. The molecule has 28 heavy (non-hydrogen) atoms. The number of non-ortho nitro benzene ring substituents is 1. The van der Waals surface area contributed by atoms with Crippen LogP contribution in [0, 0.1) is 10.1 Å². The maximum atomic E-state index is 12.4. The van der Waals surface area contributed by atoms with Crippen molar-refractivity contribution >= 4 is 33.5 Å². The molecule has 2 aromatic heterocycles. The molecule has 0 atom stereocenters. The number of amides is 1. The van der Waals surface area contributed by atoms with Gasteiger partial charge < -0.3 is 15.3 Å². The van der Waals surface area contributed by atoms with Gasteiger partial charge in [0.05, 0.1) is 27.1 Å². The van der Waals surface area contributed by atoms with E-state index < -0.39 is 16.5 Å². The number of hydrogen-bond donors (Lipinski definition) is 2. The molecule has 9 nitrogen and oxygen atoms in total. The molecule has 4 rings (SSSR count). The summed E-state index contributed by atoms with van der Waals surface area (Å²) in [4.78, 5) is 39.0. The molecule has 1 amide bonds. The number of fused-ring (bicyclic) bond motifs is 2. The lowest BCUT2D eigenvalue weighted by Crippen LogP contribution is -2.13. The second kappa shape index (κ2) is 6.16. The SMILES string of the molecule is NC(=O)c1cc(-c2c(O)c3ccccc3oc2=O)nc2ccc([N+](=O)[O-])cc12. The lowest BCUT2D eigenvalue weighted by atomic mass is 10.0. The van der Waals surface area contributed by atoms with Gasteiger partial charge in [-0.1, -0.05) is 12.1 Å². The second-order valence-corrected chi connectivity index (χ2v) is 5.99. The summed E-state index contributed by atoms with van der Waals surface area (Å²) in [5.41, 5.74) is 4.38. The summed E-state index contributed by atoms with van der Waals surface area (Å²) in [5, 5.41) is 22.1. The minimum atomic E-state index is -0.862. The van der Waals surface area contributed by atoms with Gasteiger partial charge in [-0.2, -0.15) is 0 Å². The molecule has 9 heteroatoms. The summed E-state index contributed by atoms with van der Waals surface area (Å²) >= 11 is 0. The molecule has 0 aliphatic heterocycles. The third kappa shape index (κ3) is 2.62. The quantitative estimate of drug-likeness (QED) is 0.316. The zero-order chi connectivity index (χ0) is 20.0. The average molecular weight is 377 g/mol. The molecule has 4 aromatic rings. The van der Waals surface area contributed by atoms with Crippen molar-refractivity contribution in [3.05, 3.63) is 74.6 Å². The van der Waals surface area contributed by atoms with E-state index in [1.807, 2.05) is 0 Å². The van der Waals surface area contributed by atoms with Crippen LogP contribution in [0.15, 0.2) is 57.7 Å². The highest BCUT2D eigenvalue weighted by molar-refractivity contribution is 6.07. The van der Waals surface area contributed by atoms with Crippen LogP contribution in [0.1, 0.15) is 10.4 Å². The summed E-state index contributed by atoms with van der Waals surface area (Å²) in [5.74, 6) is -1.21. The fraction of sp³-hybridized carbons (Fsp3) is 0. The molecule has 0 saturated carbocycles. The number of primary amides is 1. The molecule has 0 aliphatic rings. The van der Waals surface area contributed by atoms with Crippen LogP contribution in [-0.2, 0) is 0 Å². The largest absolute Gasteiger partial charge is 0.506 e. The van der Waals surface area contributed by atoms with E-state index in [0.717, 1.165) is 0 Å². The maximum Gasteiger partial charge on any atom is 0.349 e. The number of para-hydroxylation sites is 1. The third-order valence-corrected chi connectivity index (χ3v) is 4.31. The molecule has 0 radical (unpaired) electrons. The Morgan fingerprint density at radius 2 is 1.89 bits per heavy atom. The molecule has 0 fully saturated rings. The van der Waals surface area contributed by atoms with Gasteiger partial charge in [-0.25, -0.2) is 9.78 Å². The molecule has 0 saturated heterocycles. The number of nitro groups is 1. The maximum absolute atomic E-state index is 12.4. The number of carbonyl (C=O) groups is 1. The van der Waals surface area contributed by atoms with Gasteiger partial charge in [0.15, 0.2) is 0 Å². The number of nitrogens with zero attached hydrogens (tertiary/aromatic N) is 2. The molecule has 0 spiro atoms. The van der Waals surface area contributed by atoms with Gasteiger partial charge in [-0.3, -0.25) is 14.9 Å². The van der Waals surface area contributed by atoms with Crippen molar-refractivity contribution in [1.82, 2.24) is 4.98 Å². The highest BCUT2D eigenvalue weighted by Crippen LogP contribution is 2.34. The number of benzene rings is 2. The highest BCUT2D eigenvalue weighted by Gasteiger charge is 2.21. The Balaban J connectivity index is 2.07. The molecule has 2 heterocycles. The number of carbonyl (C=O) groups excluding carboxylic acids is 1. The van der Waals surface area contributed by atoms with Gasteiger partial charge in [-0.05, 0) is 24.3 Å². The second-order valence-electron chi connectivity index (χ2n) is 5.99. The van der Waals surface area contributed by atoms with E-state index >= 15 is 0 Å². The monoisotopic (exact) mass is 377 g/mol. The van der Waals surface area contributed by atoms with E-state index in [1.165, 1.54) is 30.3 Å². The number of nitro benzene ring substituents is 1. The number of rotatable bonds is 3. The van der Waals surface area contributed by atoms with Gasteiger partial charge in [0, 0.05) is 17.5 Å². The molecule has 2 aromatic carbocycles. The van der Waals surface area contributed by atoms with Gasteiger partial charge in [0.1, 0.15) is 16.9 Å². The number of nitrogens with two attached hydrogens (primary N) is 1. The van der Waals surface area contributed by atoms with Gasteiger partial charge in [0.2, 0.25) is 5.91 Å². The number of pyridine rings is 1. The van der Waals surface area contributed by atoms with E-state index in [4.69, 9.17) is 10.2 Å². The van der Waals surface area contributed by atoms with Gasteiger partial charge >= 0.3 is 5.63 Å². The Labute approximate surface area is 155 Å². The first-order valence-electron chi connectivity index (χ1n) is 8.01. The molecule has 3 N–H and O–H groups in total. The van der Waals surface area contributed by atoms with Crippen molar-refractivity contribution in [3.63, 3.8) is 0 Å². The first-order valence-corrected chi connectivity index (χ1v) is 8.01. The molecule has 0 unspecified atom stereocenters. The first kappa shape index (κ1) is 17.2. The van der Waals surface area contributed by atoms with Crippen molar-refractivity contribution in [2.75, 3.05) is 0 Å². The van der Waals surface area contributed by atoms with Crippen LogP contribution < -0.4 is 11.4 Å². The topological polar surface area (TPSA) is 150 Å². The predicted octanol–water partition coefficient (Wildman–Crippen LogP) is 2.72. The Bertz CT molecular complexity index is 1360. The first-order chi connectivity index (χ1) is 13.4. The van der Waals surface area contributed by atoms with E-state index in [0.29, 0.717) is 5.39 Å². The average Bonchev–Trinajstić information content (AvgIpc) is 2.66. The minimum absolute atomic E-state index is 0.0350. The smallest absolute Gasteiger partial charge is 0.349 e. The van der Waals surface area contributed by atoms with Crippen molar-refractivity contribution in [1.29, 1.82) is 0 Å². The van der Waals surface area contributed by atoms with Crippen LogP contribution in [0.2, 0.25) is 0 Å². The van der Waals surface area contributed by atoms with Crippen LogP contribution in [0.4, 0.5) is 5.69 Å². The zero-order valence-electron chi connectivity index (χ0n) is 14.1. The fourth-order valence-corrected chi connectivity index (χ4v) is 3.02. The van der Waals surface area contributed by atoms with Gasteiger partial charge in [-0.15, -0.1) is 0 Å². The normalized spacial score (nSPS) is 11.0. The van der Waals surface area contributed by atoms with E-state index in [1.54, 1.807) is 18.2 Å². The molecule has 0 aliphatic carbocycles. The minimum Gasteiger partial charge on any atom is -0.506 e. The molecular formula is C19H11N3O6. The number of aromatic hydroxyl groups is 1. The van der Waals surface area contributed by atoms with Crippen molar-refractivity contribution in [3.8, 4) is 17.0 Å². The van der Waals surface area contributed by atoms with E-state index in [2.05, 4.69) is 4.98 Å². The highest BCUT2D eigenvalue weighted by atomic mass is 16.6. The van der Waals surface area contributed by atoms with Crippen LogP contribution in [0.25, 0.3) is 33.1 Å². The third-order valence-electron chi connectivity index (χ3n) is 4.31. The fourth-order valence-electron chi connectivity index (χ4n) is 3.02. The van der Waals surface area contributed by atoms with Crippen molar-refractivity contribution in [2.45, 2.75) is 0 Å². The van der Waals surface area contributed by atoms with Crippen LogP contribution in [-0.4, -0.2) is 20.9 Å². The van der Waals surface area contributed by atoms with Crippen LogP contribution in [0.3, 0.4) is 0 Å². The van der Waals surface area contributed by atoms with Crippen molar-refractivity contribution in [2.24, 2.45) is 5.73 Å². The Morgan fingerprint density at radius 1 is 1.14 bits per heavy atom. The summed E-state index contributed by atoms with van der Waals surface area (Å²) in [6.45, 7) is 0.